The Morgan fingerprint density at radius 3 is 2.83 bits per heavy atom. The summed E-state index contributed by atoms with van der Waals surface area (Å²) in [5, 5.41) is 9.47. The molecule has 0 bridgehead atoms. The molecule has 4 rings (SSSR count). The van der Waals surface area contributed by atoms with E-state index in [4.69, 9.17) is 4.74 Å². The fourth-order valence-electron chi connectivity index (χ4n) is 3.30. The van der Waals surface area contributed by atoms with Crippen molar-refractivity contribution >= 4 is 17.8 Å². The molecule has 0 saturated carbocycles. The van der Waals surface area contributed by atoms with E-state index in [1.54, 1.807) is 22.9 Å². The number of imidazole rings is 1. The van der Waals surface area contributed by atoms with Crippen LogP contribution in [0.4, 0.5) is 24.5 Å². The van der Waals surface area contributed by atoms with E-state index >= 15 is 0 Å². The number of hydrogen-bond donors (Lipinski definition) is 2. The van der Waals surface area contributed by atoms with Crippen LogP contribution in [0.15, 0.2) is 24.7 Å². The van der Waals surface area contributed by atoms with Crippen molar-refractivity contribution in [3.05, 3.63) is 24.7 Å². The van der Waals surface area contributed by atoms with Crippen LogP contribution in [0.1, 0.15) is 6.92 Å². The highest BCUT2D eigenvalue weighted by molar-refractivity contribution is 5.87. The second kappa shape index (κ2) is 7.69. The zero-order chi connectivity index (χ0) is 21.3. The van der Waals surface area contributed by atoms with Crippen LogP contribution in [0, 0.1) is 0 Å². The average molecular weight is 421 g/mol. The van der Waals surface area contributed by atoms with Crippen molar-refractivity contribution in [1.29, 1.82) is 0 Å². The van der Waals surface area contributed by atoms with Gasteiger partial charge in [-0.05, 0) is 13.0 Å². The molecule has 9 nitrogen and oxygen atoms in total. The monoisotopic (exact) mass is 421 g/mol. The molecular weight excluding hydrogens is 403 g/mol. The van der Waals surface area contributed by atoms with Crippen LogP contribution < -0.4 is 15.4 Å². The van der Waals surface area contributed by atoms with Gasteiger partial charge in [-0.1, -0.05) is 0 Å². The molecule has 30 heavy (non-hydrogen) atoms. The highest BCUT2D eigenvalue weighted by atomic mass is 19.4. The van der Waals surface area contributed by atoms with Crippen LogP contribution in [0.5, 0.6) is 5.75 Å². The van der Waals surface area contributed by atoms with E-state index in [1.165, 1.54) is 0 Å². The number of halogens is 3. The third-order valence-corrected chi connectivity index (χ3v) is 4.48. The third-order valence-electron chi connectivity index (χ3n) is 4.48. The lowest BCUT2D eigenvalue weighted by atomic mass is 10.1. The van der Waals surface area contributed by atoms with E-state index in [-0.39, 0.29) is 11.5 Å². The summed E-state index contributed by atoms with van der Waals surface area (Å²) in [6, 6.07) is 3.48. The first-order chi connectivity index (χ1) is 14.4. The Labute approximate surface area is 168 Å². The van der Waals surface area contributed by atoms with Crippen LogP contribution in [-0.4, -0.2) is 50.1 Å². The molecular formula is C18H18F3N7O2. The molecule has 0 spiro atoms. The lowest BCUT2D eigenvalue weighted by Crippen LogP contribution is -2.19. The van der Waals surface area contributed by atoms with Crippen LogP contribution in [0.25, 0.3) is 22.9 Å². The molecule has 0 fully saturated rings. The Balaban J connectivity index is 1.79. The van der Waals surface area contributed by atoms with Gasteiger partial charge in [-0.3, -0.25) is 4.79 Å². The summed E-state index contributed by atoms with van der Waals surface area (Å²) in [5.41, 5.74) is 2.09. The second-order valence-electron chi connectivity index (χ2n) is 6.53. The number of benzene rings is 1. The van der Waals surface area contributed by atoms with Crippen molar-refractivity contribution in [2.24, 2.45) is 0 Å². The Kier molecular flexibility index (Phi) is 5.06. The van der Waals surface area contributed by atoms with Gasteiger partial charge >= 0.3 is 6.18 Å². The summed E-state index contributed by atoms with van der Waals surface area (Å²) < 4.78 is 46.9. The van der Waals surface area contributed by atoms with Gasteiger partial charge in [-0.15, -0.1) is 0 Å². The van der Waals surface area contributed by atoms with Crippen molar-refractivity contribution in [3.8, 4) is 28.7 Å². The summed E-state index contributed by atoms with van der Waals surface area (Å²) in [6.45, 7) is 2.09. The van der Waals surface area contributed by atoms with Gasteiger partial charge in [0.15, 0.2) is 5.82 Å². The molecule has 1 aliphatic rings. The molecule has 3 aromatic rings. The number of nitrogens with one attached hydrogen (secondary N) is 2. The molecule has 0 saturated heterocycles. The highest BCUT2D eigenvalue weighted by Crippen LogP contribution is 2.39. The molecule has 0 atom stereocenters. The smallest absolute Gasteiger partial charge is 0.408 e. The minimum atomic E-state index is -4.43. The first-order valence-corrected chi connectivity index (χ1v) is 9.17. The quantitative estimate of drug-likeness (QED) is 0.594. The Bertz CT molecular complexity index is 1070. The Morgan fingerprint density at radius 1 is 1.27 bits per heavy atom. The van der Waals surface area contributed by atoms with Crippen LogP contribution in [-0.2, 0) is 17.9 Å². The van der Waals surface area contributed by atoms with Gasteiger partial charge in [0, 0.05) is 18.8 Å². The van der Waals surface area contributed by atoms with E-state index in [9.17, 15) is 18.0 Å². The predicted octanol–water partition coefficient (Wildman–Crippen LogP) is 2.76. The van der Waals surface area contributed by atoms with E-state index < -0.39 is 12.7 Å². The number of nitrogens with zero attached hydrogens (tertiary/aromatic N) is 5. The summed E-state index contributed by atoms with van der Waals surface area (Å²) in [5.74, 6) is 1.07. The van der Waals surface area contributed by atoms with Crippen LogP contribution >= 0.6 is 0 Å². The summed E-state index contributed by atoms with van der Waals surface area (Å²) >= 11 is 0. The minimum absolute atomic E-state index is 0.0193. The van der Waals surface area contributed by atoms with E-state index in [2.05, 4.69) is 25.7 Å². The molecule has 1 aliphatic heterocycles. The molecule has 0 unspecified atom stereocenters. The van der Waals surface area contributed by atoms with Crippen molar-refractivity contribution in [1.82, 2.24) is 24.3 Å². The lowest BCUT2D eigenvalue weighted by Gasteiger charge is -2.14. The van der Waals surface area contributed by atoms with Gasteiger partial charge in [-0.2, -0.15) is 18.3 Å². The fourth-order valence-corrected chi connectivity index (χ4v) is 3.30. The van der Waals surface area contributed by atoms with Crippen LogP contribution in [0.2, 0.25) is 0 Å². The maximum atomic E-state index is 12.8. The highest BCUT2D eigenvalue weighted by Gasteiger charge is 2.31. The number of anilines is 2. The number of amides is 1. The fraction of sp³-hybridized carbons (Fsp3) is 0.333. The van der Waals surface area contributed by atoms with Gasteiger partial charge < -0.3 is 19.9 Å². The zero-order valence-electron chi connectivity index (χ0n) is 15.9. The van der Waals surface area contributed by atoms with E-state index in [0.29, 0.717) is 54.6 Å². The van der Waals surface area contributed by atoms with Crippen molar-refractivity contribution in [2.75, 3.05) is 23.8 Å². The first-order valence-electron chi connectivity index (χ1n) is 9.17. The number of carbonyl (C=O) groups is 1. The molecule has 3 heterocycles. The topological polar surface area (TPSA) is 98.9 Å². The summed E-state index contributed by atoms with van der Waals surface area (Å²) in [7, 11) is 0. The van der Waals surface area contributed by atoms with Crippen molar-refractivity contribution in [3.63, 3.8) is 0 Å². The number of carbonyl (C=O) groups excluding carboxylic acids is 1. The standard InChI is InChI=1S/C18H18F3N7O2/c1-2-22-13-6-15-11(5-12(13)24-10-29)16-26-14(7-27(16)3-4-30-15)17-23-9-25-28(17)8-18(19,20)21/h5-7,9-10,22H,2-4,8H2,1H3,(H,24,29). The van der Waals surface area contributed by atoms with Gasteiger partial charge in [0.05, 0.1) is 23.5 Å². The summed E-state index contributed by atoms with van der Waals surface area (Å²) in [6.07, 6.45) is -1.18. The van der Waals surface area contributed by atoms with Gasteiger partial charge in [0.1, 0.15) is 36.7 Å². The largest absolute Gasteiger partial charge is 0.491 e. The zero-order valence-corrected chi connectivity index (χ0v) is 15.9. The van der Waals surface area contributed by atoms with Gasteiger partial charge in [0.2, 0.25) is 6.41 Å². The molecule has 1 aromatic carbocycles. The van der Waals surface area contributed by atoms with Crippen molar-refractivity contribution < 1.29 is 22.7 Å². The molecule has 0 aliphatic carbocycles. The molecule has 0 radical (unpaired) electrons. The van der Waals surface area contributed by atoms with E-state index in [0.717, 1.165) is 11.0 Å². The summed E-state index contributed by atoms with van der Waals surface area (Å²) in [4.78, 5) is 19.5. The van der Waals surface area contributed by atoms with Gasteiger partial charge in [0.25, 0.3) is 0 Å². The number of aromatic nitrogens is 5. The number of ether oxygens (including phenoxy) is 1. The Hall–Kier alpha value is -3.57. The van der Waals surface area contributed by atoms with Crippen LogP contribution in [0.3, 0.4) is 0 Å². The number of alkyl halides is 3. The molecule has 12 heteroatoms. The minimum Gasteiger partial charge on any atom is -0.491 e. The number of rotatable bonds is 6. The third kappa shape index (κ3) is 3.80. The van der Waals surface area contributed by atoms with E-state index in [1.807, 2.05) is 6.92 Å². The number of hydrogen-bond acceptors (Lipinski definition) is 6. The molecule has 158 valence electrons. The maximum absolute atomic E-state index is 12.8. The number of fused-ring (bicyclic) bond motifs is 3. The lowest BCUT2D eigenvalue weighted by molar-refractivity contribution is -0.142. The average Bonchev–Trinajstić information content (AvgIpc) is 3.26. The normalized spacial score (nSPS) is 13.1. The first kappa shape index (κ1) is 19.7. The predicted molar refractivity (Wildman–Crippen MR) is 102 cm³/mol. The molecule has 1 amide bonds. The Morgan fingerprint density at radius 2 is 2.10 bits per heavy atom. The van der Waals surface area contributed by atoms with Crippen molar-refractivity contribution in [2.45, 2.75) is 26.2 Å². The van der Waals surface area contributed by atoms with Gasteiger partial charge in [-0.25, -0.2) is 14.6 Å². The maximum Gasteiger partial charge on any atom is 0.408 e. The molecule has 2 N–H and O–H groups in total. The SMILES string of the molecule is CCNc1cc2c(cc1NC=O)-c1nc(-c3ncnn3CC(F)(F)F)cn1CCO2. The second-order valence-corrected chi connectivity index (χ2v) is 6.53. The molecule has 2 aromatic heterocycles.